The molecule has 0 saturated carbocycles. The second-order valence-corrected chi connectivity index (χ2v) is 8.60. The number of nitrogens with zero attached hydrogens (tertiary/aromatic N) is 7. The molecule has 35 heavy (non-hydrogen) atoms. The van der Waals surface area contributed by atoms with Gasteiger partial charge in [0.1, 0.15) is 5.82 Å². The van der Waals surface area contributed by atoms with Crippen LogP contribution in [0.1, 0.15) is 48.1 Å². The van der Waals surface area contributed by atoms with Gasteiger partial charge in [-0.25, -0.2) is 41.9 Å². The number of likely N-dealkylation sites (tertiary alicyclic amines) is 1. The van der Waals surface area contributed by atoms with E-state index < -0.39 is 49.0 Å². The number of rotatable bonds is 6. The summed E-state index contributed by atoms with van der Waals surface area (Å²) < 4.78 is 69.2. The number of carbonyl (C=O) groups excluding carboxylic acids is 1. The zero-order valence-electron chi connectivity index (χ0n) is 18.9. The van der Waals surface area contributed by atoms with E-state index in [2.05, 4.69) is 25.0 Å². The Bertz CT molecular complexity index is 1180. The fourth-order valence-electron chi connectivity index (χ4n) is 4.29. The molecule has 1 amide bonds. The van der Waals surface area contributed by atoms with E-state index in [1.165, 1.54) is 10.9 Å². The number of piperidine rings is 1. The molecular weight excluding hydrogens is 473 g/mol. The van der Waals surface area contributed by atoms with Crippen molar-refractivity contribution in [2.24, 2.45) is 13.0 Å². The lowest BCUT2D eigenvalue weighted by atomic mass is 9.85. The van der Waals surface area contributed by atoms with Crippen molar-refractivity contribution in [2.45, 2.75) is 44.6 Å². The van der Waals surface area contributed by atoms with Crippen molar-refractivity contribution in [3.05, 3.63) is 53.9 Å². The average Bonchev–Trinajstić information content (AvgIpc) is 3.19. The van der Waals surface area contributed by atoms with Crippen LogP contribution in [0.3, 0.4) is 0 Å². The smallest absolute Gasteiger partial charge is 0.275 e. The highest BCUT2D eigenvalue weighted by Gasteiger charge is 2.46. The summed E-state index contributed by atoms with van der Waals surface area (Å²) in [5.41, 5.74) is -0.266. The molecule has 3 aromatic heterocycles. The van der Waals surface area contributed by atoms with Gasteiger partial charge in [-0.2, -0.15) is 5.10 Å². The van der Waals surface area contributed by atoms with E-state index in [0.717, 1.165) is 29.7 Å². The van der Waals surface area contributed by atoms with Gasteiger partial charge in [0.2, 0.25) is 0 Å². The van der Waals surface area contributed by atoms with Crippen molar-refractivity contribution < 1.29 is 26.7 Å². The molecule has 1 aliphatic rings. The van der Waals surface area contributed by atoms with Crippen LogP contribution < -0.4 is 0 Å². The molecule has 0 N–H and O–H groups in total. The second kappa shape index (κ2) is 9.62. The Hall–Kier alpha value is -3.51. The van der Waals surface area contributed by atoms with E-state index in [0.29, 0.717) is 0 Å². The summed E-state index contributed by atoms with van der Waals surface area (Å²) in [5, 5.41) is 4.15. The molecule has 0 spiro atoms. The van der Waals surface area contributed by atoms with Crippen LogP contribution in [0.15, 0.2) is 31.0 Å². The molecule has 8 nitrogen and oxygen atoms in total. The normalized spacial score (nSPS) is 19.8. The van der Waals surface area contributed by atoms with Crippen molar-refractivity contribution in [2.75, 3.05) is 6.54 Å². The van der Waals surface area contributed by atoms with Crippen LogP contribution in [-0.2, 0) is 13.5 Å². The molecule has 4 heterocycles. The maximum absolute atomic E-state index is 14.5. The maximum Gasteiger partial charge on any atom is 0.275 e. The number of carbonyl (C=O) groups is 1. The SMILES string of the molecule is C[C@@H]1CC(F)(F)CN(C(=O)c2nn(C)cc2-c2ncc(F)cn2)[C@@H]1CCc1ncc(C(F)F)cn1. The van der Waals surface area contributed by atoms with Crippen LogP contribution in [-0.4, -0.2) is 59.0 Å². The number of amides is 1. The van der Waals surface area contributed by atoms with E-state index in [1.54, 1.807) is 14.0 Å². The summed E-state index contributed by atoms with van der Waals surface area (Å²) in [6, 6.07) is -0.607. The number of halogens is 5. The Morgan fingerprint density at radius 1 is 1.14 bits per heavy atom. The summed E-state index contributed by atoms with van der Waals surface area (Å²) in [6.07, 6.45) is 2.70. The van der Waals surface area contributed by atoms with Gasteiger partial charge < -0.3 is 4.90 Å². The van der Waals surface area contributed by atoms with Crippen molar-refractivity contribution in [3.63, 3.8) is 0 Å². The largest absolute Gasteiger partial charge is 0.328 e. The third-order valence-corrected chi connectivity index (χ3v) is 5.87. The molecule has 4 rings (SSSR count). The summed E-state index contributed by atoms with van der Waals surface area (Å²) in [7, 11) is 1.55. The van der Waals surface area contributed by atoms with Crippen LogP contribution in [0.25, 0.3) is 11.4 Å². The van der Waals surface area contributed by atoms with Gasteiger partial charge in [-0.1, -0.05) is 6.92 Å². The number of alkyl halides is 4. The minimum Gasteiger partial charge on any atom is -0.328 e. The molecule has 0 unspecified atom stereocenters. The van der Waals surface area contributed by atoms with Crippen LogP contribution in [0.4, 0.5) is 22.0 Å². The third-order valence-electron chi connectivity index (χ3n) is 5.87. The molecule has 0 aliphatic carbocycles. The molecule has 1 saturated heterocycles. The third kappa shape index (κ3) is 5.43. The zero-order valence-corrected chi connectivity index (χ0v) is 18.9. The molecule has 0 aromatic carbocycles. The van der Waals surface area contributed by atoms with Crippen LogP contribution in [0.2, 0.25) is 0 Å². The molecule has 2 atom stereocenters. The van der Waals surface area contributed by atoms with Gasteiger partial charge in [-0.15, -0.1) is 0 Å². The Labute approximate surface area is 197 Å². The first-order valence-corrected chi connectivity index (χ1v) is 10.8. The van der Waals surface area contributed by atoms with Gasteiger partial charge in [0.25, 0.3) is 18.3 Å². The quantitative estimate of drug-likeness (QED) is 0.483. The van der Waals surface area contributed by atoms with Crippen molar-refractivity contribution in [3.8, 4) is 11.4 Å². The highest BCUT2D eigenvalue weighted by atomic mass is 19.3. The maximum atomic E-state index is 14.5. The Morgan fingerprint density at radius 3 is 2.43 bits per heavy atom. The number of hydrogen-bond donors (Lipinski definition) is 0. The van der Waals surface area contributed by atoms with Crippen molar-refractivity contribution in [1.82, 2.24) is 34.6 Å². The molecule has 0 bridgehead atoms. The highest BCUT2D eigenvalue weighted by molar-refractivity contribution is 5.98. The van der Waals surface area contributed by atoms with Crippen molar-refractivity contribution in [1.29, 1.82) is 0 Å². The minimum atomic E-state index is -3.11. The lowest BCUT2D eigenvalue weighted by Gasteiger charge is -2.43. The summed E-state index contributed by atoms with van der Waals surface area (Å²) in [5.74, 6) is -4.79. The van der Waals surface area contributed by atoms with Gasteiger partial charge in [0.05, 0.1) is 30.1 Å². The van der Waals surface area contributed by atoms with E-state index in [9.17, 15) is 26.7 Å². The fourth-order valence-corrected chi connectivity index (χ4v) is 4.29. The van der Waals surface area contributed by atoms with Gasteiger partial charge >= 0.3 is 0 Å². The van der Waals surface area contributed by atoms with Crippen LogP contribution in [0, 0.1) is 11.7 Å². The average molecular weight is 495 g/mol. The number of hydrogen-bond acceptors (Lipinski definition) is 6. The predicted molar refractivity (Wildman–Crippen MR) is 113 cm³/mol. The summed E-state index contributed by atoms with van der Waals surface area (Å²) in [6.45, 7) is 0.813. The molecule has 186 valence electrons. The van der Waals surface area contributed by atoms with Crippen LogP contribution in [0.5, 0.6) is 0 Å². The van der Waals surface area contributed by atoms with Gasteiger partial charge in [-0.3, -0.25) is 9.48 Å². The van der Waals surface area contributed by atoms with E-state index >= 15 is 0 Å². The standard InChI is InChI=1S/C22H22F5N7O/c1-12-5-22(26,27)11-34(16(12)3-4-17-28-6-13(7-29-17)19(24)25)21(35)18-15(10-33(2)32-18)20-30-8-14(23)9-31-20/h6-10,12,16,19H,3-5,11H2,1-2H3/t12-,16-/m1/s1. The highest BCUT2D eigenvalue weighted by Crippen LogP contribution is 2.37. The van der Waals surface area contributed by atoms with Gasteiger partial charge in [0.15, 0.2) is 17.3 Å². The predicted octanol–water partition coefficient (Wildman–Crippen LogP) is 3.86. The first kappa shape index (κ1) is 24.6. The number of aryl methyl sites for hydroxylation is 2. The lowest BCUT2D eigenvalue weighted by Crippen LogP contribution is -2.55. The zero-order chi connectivity index (χ0) is 25.3. The Balaban J connectivity index is 1.61. The van der Waals surface area contributed by atoms with E-state index in [1.807, 2.05) is 0 Å². The summed E-state index contributed by atoms with van der Waals surface area (Å²) >= 11 is 0. The van der Waals surface area contributed by atoms with Gasteiger partial charge in [-0.05, 0) is 12.3 Å². The monoisotopic (exact) mass is 495 g/mol. The first-order valence-electron chi connectivity index (χ1n) is 10.8. The molecular formula is C22H22F5N7O. The van der Waals surface area contributed by atoms with Crippen LogP contribution >= 0.6 is 0 Å². The molecule has 1 aliphatic heterocycles. The van der Waals surface area contributed by atoms with Crippen molar-refractivity contribution >= 4 is 5.91 Å². The lowest BCUT2D eigenvalue weighted by molar-refractivity contribution is -0.0933. The van der Waals surface area contributed by atoms with E-state index in [4.69, 9.17) is 0 Å². The molecule has 0 radical (unpaired) electrons. The second-order valence-electron chi connectivity index (χ2n) is 8.60. The molecule has 1 fully saturated rings. The Kier molecular flexibility index (Phi) is 6.77. The summed E-state index contributed by atoms with van der Waals surface area (Å²) in [4.78, 5) is 30.2. The molecule has 3 aromatic rings. The fraction of sp³-hybridized carbons (Fsp3) is 0.455. The minimum absolute atomic E-state index is 0.0312. The first-order chi connectivity index (χ1) is 16.5. The molecule has 13 heteroatoms. The Morgan fingerprint density at radius 2 is 1.80 bits per heavy atom. The van der Waals surface area contributed by atoms with Gasteiger partial charge in [0, 0.05) is 44.5 Å². The van der Waals surface area contributed by atoms with E-state index in [-0.39, 0.29) is 41.3 Å². The topological polar surface area (TPSA) is 89.7 Å². The number of aromatic nitrogens is 6.